The predicted octanol–water partition coefficient (Wildman–Crippen LogP) is 5.12. The van der Waals surface area contributed by atoms with Gasteiger partial charge in [-0.1, -0.05) is 68.4 Å². The number of rotatable bonds is 10. The molecule has 170 valence electrons. The van der Waals surface area contributed by atoms with Crippen LogP contribution in [0.1, 0.15) is 37.2 Å². The summed E-state index contributed by atoms with van der Waals surface area (Å²) in [5.41, 5.74) is 5.51. The fourth-order valence-electron chi connectivity index (χ4n) is 4.19. The fourth-order valence-corrected chi connectivity index (χ4v) is 4.19. The van der Waals surface area contributed by atoms with E-state index in [1.54, 1.807) is 0 Å². The van der Waals surface area contributed by atoms with Crippen molar-refractivity contribution in [2.75, 3.05) is 13.1 Å². The number of aryl methyl sites for hydroxylation is 1. The number of hydrogen-bond donors (Lipinski definition) is 1. The highest BCUT2D eigenvalue weighted by molar-refractivity contribution is 5.79. The summed E-state index contributed by atoms with van der Waals surface area (Å²) in [5, 5.41) is 3.12. The first kappa shape index (κ1) is 22.7. The first-order valence-corrected chi connectivity index (χ1v) is 11.8. The minimum absolute atomic E-state index is 0.0410. The maximum atomic E-state index is 12.7. The van der Waals surface area contributed by atoms with Gasteiger partial charge in [0.1, 0.15) is 5.82 Å². The van der Waals surface area contributed by atoms with Crippen LogP contribution >= 0.6 is 0 Å². The highest BCUT2D eigenvalue weighted by Crippen LogP contribution is 2.22. The second kappa shape index (κ2) is 10.9. The Morgan fingerprint density at radius 3 is 2.30 bits per heavy atom. The molecule has 4 rings (SSSR count). The first-order valence-electron chi connectivity index (χ1n) is 11.8. The third kappa shape index (κ3) is 5.49. The number of carbonyl (C=O) groups excluding carboxylic acids is 1. The Morgan fingerprint density at radius 2 is 1.55 bits per heavy atom. The van der Waals surface area contributed by atoms with Crippen molar-refractivity contribution in [3.63, 3.8) is 0 Å². The van der Waals surface area contributed by atoms with Crippen LogP contribution < -0.4 is 5.32 Å². The quantitative estimate of drug-likeness (QED) is 0.373. The van der Waals surface area contributed by atoms with E-state index in [4.69, 9.17) is 4.98 Å². The third-order valence-electron chi connectivity index (χ3n) is 6.10. The van der Waals surface area contributed by atoms with E-state index in [2.05, 4.69) is 65.0 Å². The number of carbonyl (C=O) groups is 1. The summed E-state index contributed by atoms with van der Waals surface area (Å²) in [6, 6.07) is 26.7. The van der Waals surface area contributed by atoms with E-state index in [0.717, 1.165) is 42.2 Å². The van der Waals surface area contributed by atoms with E-state index in [1.807, 2.05) is 42.5 Å². The van der Waals surface area contributed by atoms with E-state index in [1.165, 1.54) is 11.1 Å². The average Bonchev–Trinajstić information content (AvgIpc) is 3.24. The van der Waals surface area contributed by atoms with Crippen molar-refractivity contribution < 1.29 is 4.79 Å². The van der Waals surface area contributed by atoms with Crippen LogP contribution in [0, 0.1) is 0 Å². The van der Waals surface area contributed by atoms with Crippen LogP contribution in [0.4, 0.5) is 0 Å². The van der Waals surface area contributed by atoms with Gasteiger partial charge >= 0.3 is 0 Å². The van der Waals surface area contributed by atoms with Crippen LogP contribution in [0.15, 0.2) is 78.9 Å². The maximum Gasteiger partial charge on any atom is 0.220 e. The molecule has 0 aliphatic carbocycles. The molecule has 1 N–H and O–H groups in total. The van der Waals surface area contributed by atoms with Gasteiger partial charge in [0.05, 0.1) is 11.0 Å². The average molecular weight is 441 g/mol. The van der Waals surface area contributed by atoms with Gasteiger partial charge in [-0.05, 0) is 48.5 Å². The minimum atomic E-state index is 0.0410. The number of imidazole rings is 1. The standard InChI is InChI=1S/C28H32N4O/c1-3-31(4-2)21-23-13-9-8-12-22(23)20-29-28(33)19-18-27-30-25-16-10-11-17-26(25)32(27)24-14-6-5-7-15-24/h5-17H,3-4,18-21H2,1-2H3,(H,29,33). The molecule has 0 spiro atoms. The molecular weight excluding hydrogens is 408 g/mol. The second-order valence-electron chi connectivity index (χ2n) is 8.19. The van der Waals surface area contributed by atoms with Gasteiger partial charge in [-0.2, -0.15) is 0 Å². The monoisotopic (exact) mass is 440 g/mol. The van der Waals surface area contributed by atoms with E-state index < -0.39 is 0 Å². The van der Waals surface area contributed by atoms with Crippen molar-refractivity contribution in [1.82, 2.24) is 19.8 Å². The molecule has 3 aromatic carbocycles. The molecule has 1 heterocycles. The zero-order chi connectivity index (χ0) is 23.0. The van der Waals surface area contributed by atoms with Gasteiger partial charge in [0.25, 0.3) is 0 Å². The molecular formula is C28H32N4O. The molecule has 1 aromatic heterocycles. The van der Waals surface area contributed by atoms with Gasteiger partial charge in [0, 0.05) is 31.6 Å². The molecule has 0 atom stereocenters. The molecule has 0 unspecified atom stereocenters. The van der Waals surface area contributed by atoms with E-state index >= 15 is 0 Å². The Hall–Kier alpha value is -3.44. The lowest BCUT2D eigenvalue weighted by Crippen LogP contribution is -2.26. The summed E-state index contributed by atoms with van der Waals surface area (Å²) in [5.74, 6) is 0.943. The zero-order valence-corrected chi connectivity index (χ0v) is 19.5. The summed E-state index contributed by atoms with van der Waals surface area (Å²) in [6.07, 6.45) is 0.977. The largest absolute Gasteiger partial charge is 0.352 e. The number of hydrogen-bond acceptors (Lipinski definition) is 3. The molecule has 0 aliphatic rings. The van der Waals surface area contributed by atoms with Crippen LogP contribution in [0.3, 0.4) is 0 Å². The summed E-state index contributed by atoms with van der Waals surface area (Å²) in [6.45, 7) is 7.83. The van der Waals surface area contributed by atoms with Gasteiger partial charge in [-0.3, -0.25) is 14.3 Å². The van der Waals surface area contributed by atoms with Gasteiger partial charge in [-0.15, -0.1) is 0 Å². The normalized spacial score (nSPS) is 11.2. The number of para-hydroxylation sites is 3. The molecule has 0 radical (unpaired) electrons. The van der Waals surface area contributed by atoms with Gasteiger partial charge < -0.3 is 5.32 Å². The molecule has 0 saturated carbocycles. The number of amides is 1. The number of nitrogens with one attached hydrogen (secondary N) is 1. The molecule has 33 heavy (non-hydrogen) atoms. The van der Waals surface area contributed by atoms with E-state index in [0.29, 0.717) is 19.4 Å². The van der Waals surface area contributed by atoms with Crippen LogP contribution in [0.25, 0.3) is 16.7 Å². The Kier molecular flexibility index (Phi) is 7.53. The van der Waals surface area contributed by atoms with Crippen LogP contribution in [0.5, 0.6) is 0 Å². The highest BCUT2D eigenvalue weighted by atomic mass is 16.1. The molecule has 4 aromatic rings. The lowest BCUT2D eigenvalue weighted by atomic mass is 10.1. The van der Waals surface area contributed by atoms with Gasteiger partial charge in [0.2, 0.25) is 5.91 Å². The molecule has 5 heteroatoms. The van der Waals surface area contributed by atoms with Crippen molar-refractivity contribution in [3.8, 4) is 5.69 Å². The molecule has 1 amide bonds. The Morgan fingerprint density at radius 1 is 0.879 bits per heavy atom. The predicted molar refractivity (Wildman–Crippen MR) is 134 cm³/mol. The number of aromatic nitrogens is 2. The minimum Gasteiger partial charge on any atom is -0.352 e. The van der Waals surface area contributed by atoms with Crippen LogP contribution in [0.2, 0.25) is 0 Å². The first-order chi connectivity index (χ1) is 16.2. The summed E-state index contributed by atoms with van der Waals surface area (Å²) < 4.78 is 2.15. The number of nitrogens with zero attached hydrogens (tertiary/aromatic N) is 3. The van der Waals surface area contributed by atoms with Crippen LogP contribution in [-0.2, 0) is 24.3 Å². The van der Waals surface area contributed by atoms with Crippen molar-refractivity contribution in [3.05, 3.63) is 95.8 Å². The third-order valence-corrected chi connectivity index (χ3v) is 6.10. The van der Waals surface area contributed by atoms with Gasteiger partial charge in [0.15, 0.2) is 0 Å². The smallest absolute Gasteiger partial charge is 0.220 e. The van der Waals surface area contributed by atoms with Crippen LogP contribution in [-0.4, -0.2) is 33.4 Å². The maximum absolute atomic E-state index is 12.7. The molecule has 0 saturated heterocycles. The number of fused-ring (bicyclic) bond motifs is 1. The van der Waals surface area contributed by atoms with E-state index in [-0.39, 0.29) is 5.91 Å². The molecule has 0 bridgehead atoms. The lowest BCUT2D eigenvalue weighted by molar-refractivity contribution is -0.121. The van der Waals surface area contributed by atoms with E-state index in [9.17, 15) is 4.79 Å². The van der Waals surface area contributed by atoms with Crippen molar-refractivity contribution in [2.45, 2.75) is 39.8 Å². The topological polar surface area (TPSA) is 50.2 Å². The molecule has 0 aliphatic heterocycles. The zero-order valence-electron chi connectivity index (χ0n) is 19.5. The number of benzene rings is 3. The fraction of sp³-hybridized carbons (Fsp3) is 0.286. The Balaban J connectivity index is 1.44. The Bertz CT molecular complexity index is 1190. The molecule has 0 fully saturated rings. The highest BCUT2D eigenvalue weighted by Gasteiger charge is 2.14. The summed E-state index contributed by atoms with van der Waals surface area (Å²) >= 11 is 0. The van der Waals surface area contributed by atoms with Crippen molar-refractivity contribution >= 4 is 16.9 Å². The molecule has 5 nitrogen and oxygen atoms in total. The SMILES string of the molecule is CCN(CC)Cc1ccccc1CNC(=O)CCc1nc2ccccc2n1-c1ccccc1. The summed E-state index contributed by atoms with van der Waals surface area (Å²) in [7, 11) is 0. The lowest BCUT2D eigenvalue weighted by Gasteiger charge is -2.20. The van der Waals surface area contributed by atoms with Crippen molar-refractivity contribution in [2.24, 2.45) is 0 Å². The van der Waals surface area contributed by atoms with Gasteiger partial charge in [-0.25, -0.2) is 4.98 Å². The summed E-state index contributed by atoms with van der Waals surface area (Å²) in [4.78, 5) is 19.9. The second-order valence-corrected chi connectivity index (χ2v) is 8.19. The van der Waals surface area contributed by atoms with Crippen molar-refractivity contribution in [1.29, 1.82) is 0 Å². The Labute approximate surface area is 196 Å².